The van der Waals surface area contributed by atoms with Crippen molar-refractivity contribution >= 4 is 34.5 Å². The van der Waals surface area contributed by atoms with Gasteiger partial charge in [0.2, 0.25) is 0 Å². The Labute approximate surface area is 126 Å². The summed E-state index contributed by atoms with van der Waals surface area (Å²) in [7, 11) is 0. The quantitative estimate of drug-likeness (QED) is 0.708. The molecule has 0 atom stereocenters. The summed E-state index contributed by atoms with van der Waals surface area (Å²) < 4.78 is 10.8. The van der Waals surface area contributed by atoms with Crippen LogP contribution in [-0.2, 0) is 4.74 Å². The second-order valence-corrected chi connectivity index (χ2v) is 4.36. The molecule has 3 rings (SSSR count). The minimum Gasteiger partial charge on any atom is -0.491 e. The standard InChI is InChI=1S/C14H15N3O3.ClH/c1-2-19-5-6-20-10-3-4-11-9(7-10)8-12-13(15-11)17-14(18)16-12;/h3-4,7-8H,2,5-6H2,1H3,(H2,15,16,17,18);1H. The van der Waals surface area contributed by atoms with Crippen molar-refractivity contribution in [2.45, 2.75) is 6.92 Å². The third-order valence-electron chi connectivity index (χ3n) is 2.97. The number of ether oxygens (including phenoxy) is 2. The number of aromatic amines is 2. The smallest absolute Gasteiger partial charge is 0.325 e. The molecule has 0 aliphatic carbocycles. The molecule has 2 heterocycles. The molecule has 2 aromatic heterocycles. The van der Waals surface area contributed by atoms with Crippen molar-refractivity contribution in [2.24, 2.45) is 0 Å². The van der Waals surface area contributed by atoms with Crippen LogP contribution in [0, 0.1) is 0 Å². The molecule has 0 radical (unpaired) electrons. The van der Waals surface area contributed by atoms with Gasteiger partial charge in [0.15, 0.2) is 5.65 Å². The predicted octanol–water partition coefficient (Wildman–Crippen LogP) is 2.24. The molecule has 2 N–H and O–H groups in total. The molecule has 0 aliphatic heterocycles. The Morgan fingerprint density at radius 1 is 1.19 bits per heavy atom. The van der Waals surface area contributed by atoms with Crippen LogP contribution in [0.2, 0.25) is 0 Å². The highest BCUT2D eigenvalue weighted by molar-refractivity contribution is 5.89. The van der Waals surface area contributed by atoms with Gasteiger partial charge in [-0.25, -0.2) is 9.78 Å². The van der Waals surface area contributed by atoms with Crippen LogP contribution in [0.5, 0.6) is 5.75 Å². The van der Waals surface area contributed by atoms with Crippen LogP contribution < -0.4 is 10.4 Å². The first-order valence-electron chi connectivity index (χ1n) is 6.49. The summed E-state index contributed by atoms with van der Waals surface area (Å²) in [6.45, 7) is 3.71. The molecule has 0 bridgehead atoms. The van der Waals surface area contributed by atoms with Crippen LogP contribution in [0.25, 0.3) is 22.1 Å². The second-order valence-electron chi connectivity index (χ2n) is 4.36. The Bertz CT molecular complexity index is 797. The SMILES string of the molecule is CCOCCOc1ccc2nc3[nH]c(=O)[nH]c3cc2c1.Cl. The van der Waals surface area contributed by atoms with Crippen LogP contribution in [-0.4, -0.2) is 34.8 Å². The zero-order valence-electron chi connectivity index (χ0n) is 11.5. The van der Waals surface area contributed by atoms with Crippen molar-refractivity contribution < 1.29 is 9.47 Å². The van der Waals surface area contributed by atoms with E-state index in [0.29, 0.717) is 31.0 Å². The molecule has 3 aromatic rings. The van der Waals surface area contributed by atoms with Crippen LogP contribution in [0.3, 0.4) is 0 Å². The molecule has 112 valence electrons. The van der Waals surface area contributed by atoms with Crippen LogP contribution >= 0.6 is 12.4 Å². The minimum absolute atomic E-state index is 0. The van der Waals surface area contributed by atoms with Crippen molar-refractivity contribution in [3.8, 4) is 5.75 Å². The number of fused-ring (bicyclic) bond motifs is 2. The molecule has 1 aromatic carbocycles. The van der Waals surface area contributed by atoms with Gasteiger partial charge in [0.25, 0.3) is 0 Å². The number of nitrogens with zero attached hydrogens (tertiary/aromatic N) is 1. The average molecular weight is 310 g/mol. The molecule has 0 saturated heterocycles. The fraction of sp³-hybridized carbons (Fsp3) is 0.286. The van der Waals surface area contributed by atoms with Gasteiger partial charge in [-0.3, -0.25) is 4.98 Å². The van der Waals surface area contributed by atoms with Gasteiger partial charge in [-0.1, -0.05) is 0 Å². The first-order valence-corrected chi connectivity index (χ1v) is 6.49. The number of pyridine rings is 1. The normalized spacial score (nSPS) is 10.7. The molecular formula is C14H16ClN3O3. The highest BCUT2D eigenvalue weighted by Crippen LogP contribution is 2.21. The Kier molecular flexibility index (Phi) is 4.82. The number of hydrogen-bond acceptors (Lipinski definition) is 4. The lowest BCUT2D eigenvalue weighted by molar-refractivity contribution is 0.110. The maximum Gasteiger partial charge on any atom is 0.325 e. The van der Waals surface area contributed by atoms with Gasteiger partial charge < -0.3 is 14.5 Å². The molecule has 0 amide bonds. The van der Waals surface area contributed by atoms with Crippen LogP contribution in [0.1, 0.15) is 6.92 Å². The fourth-order valence-electron chi connectivity index (χ4n) is 2.06. The van der Waals surface area contributed by atoms with E-state index in [9.17, 15) is 4.79 Å². The molecule has 6 nitrogen and oxygen atoms in total. The van der Waals surface area contributed by atoms with E-state index in [1.807, 2.05) is 31.2 Å². The summed E-state index contributed by atoms with van der Waals surface area (Å²) >= 11 is 0. The lowest BCUT2D eigenvalue weighted by Gasteiger charge is -2.07. The summed E-state index contributed by atoms with van der Waals surface area (Å²) in [6.07, 6.45) is 0. The van der Waals surface area contributed by atoms with E-state index in [4.69, 9.17) is 9.47 Å². The number of nitrogens with one attached hydrogen (secondary N) is 2. The van der Waals surface area contributed by atoms with E-state index >= 15 is 0 Å². The van der Waals surface area contributed by atoms with Crippen molar-refractivity contribution in [2.75, 3.05) is 19.8 Å². The third kappa shape index (κ3) is 3.34. The molecule has 0 aliphatic rings. The number of rotatable bonds is 5. The average Bonchev–Trinajstić information content (AvgIpc) is 2.80. The summed E-state index contributed by atoms with van der Waals surface area (Å²) in [5.74, 6) is 0.760. The topological polar surface area (TPSA) is 80.0 Å². The van der Waals surface area contributed by atoms with Gasteiger partial charge in [0.1, 0.15) is 12.4 Å². The summed E-state index contributed by atoms with van der Waals surface area (Å²) in [5.41, 5.74) is 1.81. The van der Waals surface area contributed by atoms with E-state index < -0.39 is 0 Å². The first-order chi connectivity index (χ1) is 9.76. The van der Waals surface area contributed by atoms with Gasteiger partial charge in [-0.05, 0) is 31.2 Å². The number of benzene rings is 1. The Hall–Kier alpha value is -2.05. The summed E-state index contributed by atoms with van der Waals surface area (Å²) in [6, 6.07) is 7.51. The molecule has 7 heteroatoms. The van der Waals surface area contributed by atoms with Gasteiger partial charge in [-0.15, -0.1) is 12.4 Å². The number of hydrogen-bond donors (Lipinski definition) is 2. The Morgan fingerprint density at radius 2 is 2.05 bits per heavy atom. The highest BCUT2D eigenvalue weighted by atomic mass is 35.5. The van der Waals surface area contributed by atoms with Crippen molar-refractivity contribution in [1.29, 1.82) is 0 Å². The number of aromatic nitrogens is 3. The zero-order chi connectivity index (χ0) is 13.9. The van der Waals surface area contributed by atoms with E-state index in [-0.39, 0.29) is 18.1 Å². The maximum absolute atomic E-state index is 11.2. The van der Waals surface area contributed by atoms with Crippen molar-refractivity contribution in [3.05, 3.63) is 34.7 Å². The van der Waals surface area contributed by atoms with Gasteiger partial charge >= 0.3 is 5.69 Å². The lowest BCUT2D eigenvalue weighted by Crippen LogP contribution is -2.06. The van der Waals surface area contributed by atoms with E-state index in [0.717, 1.165) is 16.7 Å². The lowest BCUT2D eigenvalue weighted by atomic mass is 10.2. The third-order valence-corrected chi connectivity index (χ3v) is 2.97. The largest absolute Gasteiger partial charge is 0.491 e. The fourth-order valence-corrected chi connectivity index (χ4v) is 2.06. The van der Waals surface area contributed by atoms with E-state index in [1.165, 1.54) is 0 Å². The van der Waals surface area contributed by atoms with Gasteiger partial charge in [0.05, 0.1) is 17.6 Å². The van der Waals surface area contributed by atoms with Crippen molar-refractivity contribution in [1.82, 2.24) is 15.0 Å². The molecule has 21 heavy (non-hydrogen) atoms. The Morgan fingerprint density at radius 3 is 2.86 bits per heavy atom. The number of halogens is 1. The summed E-state index contributed by atoms with van der Waals surface area (Å²) in [4.78, 5) is 21.0. The molecular weight excluding hydrogens is 294 g/mol. The highest BCUT2D eigenvalue weighted by Gasteiger charge is 2.04. The molecule has 0 saturated carbocycles. The van der Waals surface area contributed by atoms with E-state index in [2.05, 4.69) is 15.0 Å². The molecule has 0 spiro atoms. The van der Waals surface area contributed by atoms with Crippen LogP contribution in [0.4, 0.5) is 0 Å². The zero-order valence-corrected chi connectivity index (χ0v) is 12.3. The van der Waals surface area contributed by atoms with Gasteiger partial charge in [-0.2, -0.15) is 0 Å². The Balaban J connectivity index is 0.00000161. The molecule has 0 fully saturated rings. The van der Waals surface area contributed by atoms with Gasteiger partial charge in [0, 0.05) is 12.0 Å². The molecule has 0 unspecified atom stereocenters. The number of imidazole rings is 1. The number of H-pyrrole nitrogens is 2. The first kappa shape index (κ1) is 15.3. The maximum atomic E-state index is 11.2. The van der Waals surface area contributed by atoms with Crippen molar-refractivity contribution in [3.63, 3.8) is 0 Å². The predicted molar refractivity (Wildman–Crippen MR) is 83.5 cm³/mol. The summed E-state index contributed by atoms with van der Waals surface area (Å²) in [5, 5.41) is 0.918. The minimum atomic E-state index is -0.254. The van der Waals surface area contributed by atoms with Crippen LogP contribution in [0.15, 0.2) is 29.1 Å². The second kappa shape index (κ2) is 6.60. The monoisotopic (exact) mass is 309 g/mol. The van der Waals surface area contributed by atoms with E-state index in [1.54, 1.807) is 0 Å².